The zero-order chi connectivity index (χ0) is 19.7. The van der Waals surface area contributed by atoms with Crippen LogP contribution in [0.15, 0.2) is 48.5 Å². The normalized spacial score (nSPS) is 16.5. The molecule has 0 radical (unpaired) electrons. The van der Waals surface area contributed by atoms with Gasteiger partial charge in [0.1, 0.15) is 5.15 Å². The van der Waals surface area contributed by atoms with Crippen molar-refractivity contribution < 1.29 is 13.6 Å². The molecule has 1 unspecified atom stereocenters. The number of rotatable bonds is 4. The Morgan fingerprint density at radius 2 is 2.00 bits per heavy atom. The van der Waals surface area contributed by atoms with Crippen LogP contribution in [-0.4, -0.2) is 30.5 Å². The SMILES string of the molecule is O=C(NCC1CCN(c2ccc(F)c(F)c2)C1)c1cc(Cl)nc2ccccc12. The molecule has 1 saturated heterocycles. The molecule has 1 atom stereocenters. The van der Waals surface area contributed by atoms with Crippen LogP contribution in [0.1, 0.15) is 16.8 Å². The number of para-hydroxylation sites is 1. The van der Waals surface area contributed by atoms with Crippen LogP contribution in [0.25, 0.3) is 10.9 Å². The van der Waals surface area contributed by atoms with Gasteiger partial charge in [0.05, 0.1) is 11.1 Å². The Labute approximate surface area is 166 Å². The molecule has 4 nitrogen and oxygen atoms in total. The first kappa shape index (κ1) is 18.6. The molecular weight excluding hydrogens is 384 g/mol. The molecule has 144 valence electrons. The third kappa shape index (κ3) is 3.78. The first-order chi connectivity index (χ1) is 13.5. The lowest BCUT2D eigenvalue weighted by molar-refractivity contribution is 0.0950. The fourth-order valence-electron chi connectivity index (χ4n) is 3.58. The number of anilines is 1. The molecule has 3 aromatic rings. The van der Waals surface area contributed by atoms with Crippen LogP contribution in [0.3, 0.4) is 0 Å². The Balaban J connectivity index is 1.41. The van der Waals surface area contributed by atoms with Crippen LogP contribution in [0.5, 0.6) is 0 Å². The Kier molecular flexibility index (Phi) is 5.13. The average molecular weight is 402 g/mol. The molecule has 1 aromatic heterocycles. The van der Waals surface area contributed by atoms with E-state index in [0.29, 0.717) is 29.9 Å². The second kappa shape index (κ2) is 7.72. The second-order valence-corrected chi connectivity index (χ2v) is 7.31. The Morgan fingerprint density at radius 3 is 2.82 bits per heavy atom. The fourth-order valence-corrected chi connectivity index (χ4v) is 3.78. The van der Waals surface area contributed by atoms with E-state index >= 15 is 0 Å². The highest BCUT2D eigenvalue weighted by Gasteiger charge is 2.24. The molecule has 4 rings (SSSR count). The third-order valence-corrected chi connectivity index (χ3v) is 5.23. The number of aromatic nitrogens is 1. The maximum absolute atomic E-state index is 13.5. The van der Waals surface area contributed by atoms with Gasteiger partial charge in [0.25, 0.3) is 5.91 Å². The lowest BCUT2D eigenvalue weighted by atomic mass is 10.1. The maximum Gasteiger partial charge on any atom is 0.252 e. The Hall–Kier alpha value is -2.73. The molecule has 0 aliphatic carbocycles. The molecular formula is C21H18ClF2N3O. The molecule has 2 aromatic carbocycles. The van der Waals surface area contributed by atoms with Crippen molar-refractivity contribution in [2.45, 2.75) is 6.42 Å². The van der Waals surface area contributed by atoms with Gasteiger partial charge in [-0.3, -0.25) is 4.79 Å². The van der Waals surface area contributed by atoms with Crippen molar-refractivity contribution in [3.63, 3.8) is 0 Å². The predicted octanol–water partition coefficient (Wildman–Crippen LogP) is 4.42. The second-order valence-electron chi connectivity index (χ2n) is 6.92. The highest BCUT2D eigenvalue weighted by molar-refractivity contribution is 6.30. The summed E-state index contributed by atoms with van der Waals surface area (Å²) < 4.78 is 26.6. The van der Waals surface area contributed by atoms with Gasteiger partial charge in [-0.15, -0.1) is 0 Å². The van der Waals surface area contributed by atoms with Gasteiger partial charge in [-0.1, -0.05) is 29.8 Å². The number of pyridine rings is 1. The van der Waals surface area contributed by atoms with Gasteiger partial charge in [0.2, 0.25) is 0 Å². The van der Waals surface area contributed by atoms with Gasteiger partial charge < -0.3 is 10.2 Å². The number of hydrogen-bond donors (Lipinski definition) is 1. The molecule has 28 heavy (non-hydrogen) atoms. The van der Waals surface area contributed by atoms with Crippen molar-refractivity contribution in [2.24, 2.45) is 5.92 Å². The lowest BCUT2D eigenvalue weighted by Gasteiger charge is -2.19. The lowest BCUT2D eigenvalue weighted by Crippen LogP contribution is -2.31. The molecule has 1 amide bonds. The minimum atomic E-state index is -0.852. The topological polar surface area (TPSA) is 45.2 Å². The van der Waals surface area contributed by atoms with Crippen LogP contribution in [0, 0.1) is 17.6 Å². The number of carbonyl (C=O) groups excluding carboxylic acids is 1. The summed E-state index contributed by atoms with van der Waals surface area (Å²) in [6.45, 7) is 1.89. The summed E-state index contributed by atoms with van der Waals surface area (Å²) >= 11 is 6.05. The van der Waals surface area contributed by atoms with Crippen molar-refractivity contribution in [3.05, 3.63) is 70.9 Å². The van der Waals surface area contributed by atoms with E-state index in [4.69, 9.17) is 11.6 Å². The van der Waals surface area contributed by atoms with E-state index in [1.54, 1.807) is 12.1 Å². The van der Waals surface area contributed by atoms with E-state index in [1.165, 1.54) is 6.07 Å². The van der Waals surface area contributed by atoms with Gasteiger partial charge in [-0.05, 0) is 36.6 Å². The largest absolute Gasteiger partial charge is 0.371 e. The number of nitrogens with zero attached hydrogens (tertiary/aromatic N) is 2. The summed E-state index contributed by atoms with van der Waals surface area (Å²) in [6.07, 6.45) is 0.858. The first-order valence-corrected chi connectivity index (χ1v) is 9.42. The van der Waals surface area contributed by atoms with E-state index in [-0.39, 0.29) is 17.0 Å². The molecule has 1 fully saturated rings. The van der Waals surface area contributed by atoms with E-state index < -0.39 is 11.6 Å². The van der Waals surface area contributed by atoms with Gasteiger partial charge in [0, 0.05) is 36.8 Å². The standard InChI is InChI=1S/C21H18ClF2N3O/c22-20-10-16(15-3-1-2-4-19(15)26-20)21(28)25-11-13-7-8-27(12-13)14-5-6-17(23)18(24)9-14/h1-6,9-10,13H,7-8,11-12H2,(H,25,28). The Bertz CT molecular complexity index is 1040. The summed E-state index contributed by atoms with van der Waals surface area (Å²) in [4.78, 5) is 18.9. The molecule has 0 bridgehead atoms. The molecule has 0 saturated carbocycles. The third-order valence-electron chi connectivity index (χ3n) is 5.04. The van der Waals surface area contributed by atoms with Gasteiger partial charge in [-0.2, -0.15) is 0 Å². The predicted molar refractivity (Wildman–Crippen MR) is 106 cm³/mol. The van der Waals surface area contributed by atoms with Gasteiger partial charge in [0.15, 0.2) is 11.6 Å². The zero-order valence-electron chi connectivity index (χ0n) is 15.0. The van der Waals surface area contributed by atoms with Crippen molar-refractivity contribution >= 4 is 34.1 Å². The molecule has 7 heteroatoms. The highest BCUT2D eigenvalue weighted by atomic mass is 35.5. The summed E-state index contributed by atoms with van der Waals surface area (Å²) in [5.74, 6) is -1.68. The number of amides is 1. The van der Waals surface area contributed by atoms with E-state index in [9.17, 15) is 13.6 Å². The van der Waals surface area contributed by atoms with Crippen molar-refractivity contribution in [1.82, 2.24) is 10.3 Å². The molecule has 1 aliphatic heterocycles. The maximum atomic E-state index is 13.5. The monoisotopic (exact) mass is 401 g/mol. The summed E-state index contributed by atoms with van der Waals surface area (Å²) in [6, 6.07) is 12.8. The number of fused-ring (bicyclic) bond motifs is 1. The average Bonchev–Trinajstić information content (AvgIpc) is 3.16. The van der Waals surface area contributed by atoms with Crippen LogP contribution in [0.4, 0.5) is 14.5 Å². The summed E-state index contributed by atoms with van der Waals surface area (Å²) in [5, 5.41) is 3.99. The first-order valence-electron chi connectivity index (χ1n) is 9.05. The van der Waals surface area contributed by atoms with Crippen LogP contribution >= 0.6 is 11.6 Å². The van der Waals surface area contributed by atoms with Crippen molar-refractivity contribution in [1.29, 1.82) is 0 Å². The molecule has 1 aliphatic rings. The highest BCUT2D eigenvalue weighted by Crippen LogP contribution is 2.25. The minimum absolute atomic E-state index is 0.202. The number of hydrogen-bond acceptors (Lipinski definition) is 3. The number of carbonyl (C=O) groups is 1. The van der Waals surface area contributed by atoms with Gasteiger partial charge >= 0.3 is 0 Å². The van der Waals surface area contributed by atoms with E-state index in [2.05, 4.69) is 10.3 Å². The smallest absolute Gasteiger partial charge is 0.252 e. The number of nitrogens with one attached hydrogen (secondary N) is 1. The van der Waals surface area contributed by atoms with Crippen molar-refractivity contribution in [3.8, 4) is 0 Å². The number of benzene rings is 2. The minimum Gasteiger partial charge on any atom is -0.371 e. The quantitative estimate of drug-likeness (QED) is 0.658. The van der Waals surface area contributed by atoms with Crippen LogP contribution < -0.4 is 10.2 Å². The van der Waals surface area contributed by atoms with Crippen LogP contribution in [0.2, 0.25) is 5.15 Å². The Morgan fingerprint density at radius 1 is 1.18 bits per heavy atom. The zero-order valence-corrected chi connectivity index (χ0v) is 15.7. The molecule has 2 heterocycles. The summed E-state index contributed by atoms with van der Waals surface area (Å²) in [7, 11) is 0. The van der Waals surface area contributed by atoms with Crippen LogP contribution in [-0.2, 0) is 0 Å². The van der Waals surface area contributed by atoms with Crippen molar-refractivity contribution in [2.75, 3.05) is 24.5 Å². The van der Waals surface area contributed by atoms with E-state index in [1.807, 2.05) is 29.2 Å². The molecule has 1 N–H and O–H groups in total. The number of halogens is 3. The van der Waals surface area contributed by atoms with Gasteiger partial charge in [-0.25, -0.2) is 13.8 Å². The fraction of sp³-hybridized carbons (Fsp3) is 0.238. The molecule has 0 spiro atoms. The van der Waals surface area contributed by atoms with E-state index in [0.717, 1.165) is 24.4 Å². The summed E-state index contributed by atoms with van der Waals surface area (Å²) in [5.41, 5.74) is 1.82.